The Kier molecular flexibility index (Phi) is 5.22. The van der Waals surface area contributed by atoms with Crippen molar-refractivity contribution < 1.29 is 0 Å². The van der Waals surface area contributed by atoms with Crippen LogP contribution in [0.15, 0.2) is 28.7 Å². The molecule has 18 heavy (non-hydrogen) atoms. The highest BCUT2D eigenvalue weighted by molar-refractivity contribution is 9.10. The minimum absolute atomic E-state index is 0.560. The number of rotatable bonds is 4. The maximum absolute atomic E-state index is 3.52. The third kappa shape index (κ3) is 3.34. The number of hydrogen-bond donors (Lipinski definition) is 1. The molecule has 2 atom stereocenters. The van der Waals surface area contributed by atoms with E-state index >= 15 is 0 Å². The number of hydrogen-bond acceptors (Lipinski definition) is 2. The second-order valence-electron chi connectivity index (χ2n) is 5.17. The summed E-state index contributed by atoms with van der Waals surface area (Å²) in [7, 11) is 0. The van der Waals surface area contributed by atoms with Crippen LogP contribution in [0, 0.1) is 5.92 Å². The van der Waals surface area contributed by atoms with Crippen LogP contribution in [-0.4, -0.2) is 31.1 Å². The van der Waals surface area contributed by atoms with E-state index in [9.17, 15) is 0 Å². The molecule has 1 aromatic rings. The van der Waals surface area contributed by atoms with Crippen LogP contribution in [0.4, 0.5) is 0 Å². The number of piperazine rings is 1. The summed E-state index contributed by atoms with van der Waals surface area (Å²) in [6.45, 7) is 9.20. The van der Waals surface area contributed by atoms with Crippen LogP contribution < -0.4 is 5.32 Å². The van der Waals surface area contributed by atoms with E-state index in [-0.39, 0.29) is 0 Å². The summed E-state index contributed by atoms with van der Waals surface area (Å²) in [5.74, 6) is 0.698. The first kappa shape index (κ1) is 14.0. The molecule has 3 heteroatoms. The summed E-state index contributed by atoms with van der Waals surface area (Å²) in [6.07, 6.45) is 1.23. The highest BCUT2D eigenvalue weighted by atomic mass is 79.9. The van der Waals surface area contributed by atoms with Crippen LogP contribution in [0.1, 0.15) is 31.9 Å². The van der Waals surface area contributed by atoms with E-state index < -0.39 is 0 Å². The summed E-state index contributed by atoms with van der Waals surface area (Å²) < 4.78 is 1.16. The Morgan fingerprint density at radius 2 is 1.83 bits per heavy atom. The first-order valence-electron chi connectivity index (χ1n) is 6.92. The largest absolute Gasteiger partial charge is 0.314 e. The molecule has 0 bridgehead atoms. The molecule has 1 unspecified atom stereocenters. The Morgan fingerprint density at radius 3 is 2.39 bits per heavy atom. The molecule has 2 rings (SSSR count). The summed E-state index contributed by atoms with van der Waals surface area (Å²) in [4.78, 5) is 2.63. The van der Waals surface area contributed by atoms with Gasteiger partial charge in [0.1, 0.15) is 0 Å². The summed E-state index contributed by atoms with van der Waals surface area (Å²) in [6, 6.07) is 9.41. The van der Waals surface area contributed by atoms with Crippen molar-refractivity contribution in [1.82, 2.24) is 10.2 Å². The maximum Gasteiger partial charge on any atom is 0.0374 e. The van der Waals surface area contributed by atoms with Gasteiger partial charge in [-0.25, -0.2) is 0 Å². The molecule has 0 aliphatic carbocycles. The van der Waals surface area contributed by atoms with Crippen molar-refractivity contribution in [3.8, 4) is 0 Å². The van der Waals surface area contributed by atoms with Gasteiger partial charge >= 0.3 is 0 Å². The lowest BCUT2D eigenvalue weighted by atomic mass is 9.90. The van der Waals surface area contributed by atoms with Gasteiger partial charge in [-0.3, -0.25) is 4.90 Å². The molecule has 1 aromatic carbocycles. The zero-order valence-corrected chi connectivity index (χ0v) is 12.9. The highest BCUT2D eigenvalue weighted by Crippen LogP contribution is 2.31. The number of nitrogens with zero attached hydrogens (tertiary/aromatic N) is 1. The molecular weight excluding hydrogens is 288 g/mol. The predicted octanol–water partition coefficient (Wildman–Crippen LogP) is 3.44. The molecule has 1 N–H and O–H groups in total. The lowest BCUT2D eigenvalue weighted by Crippen LogP contribution is -2.46. The van der Waals surface area contributed by atoms with Crippen molar-refractivity contribution >= 4 is 15.9 Å². The normalized spacial score (nSPS) is 20.6. The van der Waals surface area contributed by atoms with Crippen molar-refractivity contribution in [1.29, 1.82) is 0 Å². The summed E-state index contributed by atoms with van der Waals surface area (Å²) in [5.41, 5.74) is 1.45. The van der Waals surface area contributed by atoms with E-state index in [4.69, 9.17) is 0 Å². The standard InChI is InChI=1S/C15H23BrN2/c1-3-12(2)15(18-10-8-17-9-11-18)13-4-6-14(16)7-5-13/h4-7,12,15,17H,3,8-11H2,1-2H3/t12?,15-/m1/s1. The van der Waals surface area contributed by atoms with Crippen LogP contribution in [-0.2, 0) is 0 Å². The van der Waals surface area contributed by atoms with Crippen molar-refractivity contribution in [2.24, 2.45) is 5.92 Å². The molecular formula is C15H23BrN2. The van der Waals surface area contributed by atoms with E-state index in [1.807, 2.05) is 0 Å². The van der Waals surface area contributed by atoms with Crippen LogP contribution >= 0.6 is 15.9 Å². The Bertz CT molecular complexity index is 357. The van der Waals surface area contributed by atoms with Crippen molar-refractivity contribution in [2.75, 3.05) is 26.2 Å². The second kappa shape index (κ2) is 6.69. The predicted molar refractivity (Wildman–Crippen MR) is 80.8 cm³/mol. The second-order valence-corrected chi connectivity index (χ2v) is 6.08. The van der Waals surface area contributed by atoms with Crippen molar-refractivity contribution in [3.63, 3.8) is 0 Å². The minimum atomic E-state index is 0.560. The van der Waals surface area contributed by atoms with Gasteiger partial charge in [0.2, 0.25) is 0 Å². The molecule has 0 aromatic heterocycles. The van der Waals surface area contributed by atoms with Gasteiger partial charge in [-0.05, 0) is 23.6 Å². The fourth-order valence-corrected chi connectivity index (χ4v) is 3.01. The zero-order valence-electron chi connectivity index (χ0n) is 11.3. The molecule has 2 nitrogen and oxygen atoms in total. The van der Waals surface area contributed by atoms with E-state index in [1.54, 1.807) is 0 Å². The van der Waals surface area contributed by atoms with Gasteiger partial charge in [0.25, 0.3) is 0 Å². The van der Waals surface area contributed by atoms with Gasteiger partial charge < -0.3 is 5.32 Å². The molecule has 0 radical (unpaired) electrons. The average Bonchev–Trinajstić information content (AvgIpc) is 2.42. The van der Waals surface area contributed by atoms with Gasteiger partial charge in [-0.2, -0.15) is 0 Å². The quantitative estimate of drug-likeness (QED) is 0.916. The van der Waals surface area contributed by atoms with Crippen molar-refractivity contribution in [2.45, 2.75) is 26.3 Å². The van der Waals surface area contributed by atoms with Gasteiger partial charge in [-0.1, -0.05) is 48.3 Å². The average molecular weight is 311 g/mol. The van der Waals surface area contributed by atoms with E-state index in [2.05, 4.69) is 64.3 Å². The third-order valence-electron chi connectivity index (χ3n) is 3.94. The summed E-state index contributed by atoms with van der Waals surface area (Å²) in [5, 5.41) is 3.44. The van der Waals surface area contributed by atoms with E-state index in [1.165, 1.54) is 12.0 Å². The molecule has 1 heterocycles. The monoisotopic (exact) mass is 310 g/mol. The number of nitrogens with one attached hydrogen (secondary N) is 1. The SMILES string of the molecule is CCC(C)[C@H](c1ccc(Br)cc1)N1CCNCC1. The Hall–Kier alpha value is -0.380. The topological polar surface area (TPSA) is 15.3 Å². The number of halogens is 1. The van der Waals surface area contributed by atoms with Crippen LogP contribution in [0.3, 0.4) is 0 Å². The summed E-state index contributed by atoms with van der Waals surface area (Å²) >= 11 is 3.52. The third-order valence-corrected chi connectivity index (χ3v) is 4.47. The highest BCUT2D eigenvalue weighted by Gasteiger charge is 2.26. The van der Waals surface area contributed by atoms with E-state index in [0.717, 1.165) is 30.7 Å². The van der Waals surface area contributed by atoms with Gasteiger partial charge in [0, 0.05) is 36.7 Å². The molecule has 1 saturated heterocycles. The number of benzene rings is 1. The van der Waals surface area contributed by atoms with Crippen LogP contribution in [0.25, 0.3) is 0 Å². The van der Waals surface area contributed by atoms with Gasteiger partial charge in [0.05, 0.1) is 0 Å². The Morgan fingerprint density at radius 1 is 1.22 bits per heavy atom. The molecule has 0 spiro atoms. The smallest absolute Gasteiger partial charge is 0.0374 e. The Labute approximate surface area is 119 Å². The minimum Gasteiger partial charge on any atom is -0.314 e. The first-order valence-corrected chi connectivity index (χ1v) is 7.72. The zero-order chi connectivity index (χ0) is 13.0. The Balaban J connectivity index is 2.20. The molecule has 1 fully saturated rings. The van der Waals surface area contributed by atoms with Crippen LogP contribution in [0.5, 0.6) is 0 Å². The fraction of sp³-hybridized carbons (Fsp3) is 0.600. The first-order chi connectivity index (χ1) is 8.72. The molecule has 0 amide bonds. The maximum atomic E-state index is 3.52. The molecule has 1 aliphatic rings. The fourth-order valence-electron chi connectivity index (χ4n) is 2.74. The molecule has 100 valence electrons. The van der Waals surface area contributed by atoms with E-state index in [0.29, 0.717) is 12.0 Å². The van der Waals surface area contributed by atoms with Crippen LogP contribution in [0.2, 0.25) is 0 Å². The lowest BCUT2D eigenvalue weighted by Gasteiger charge is -2.38. The molecule has 0 saturated carbocycles. The molecule has 1 aliphatic heterocycles. The van der Waals surface area contributed by atoms with Crippen molar-refractivity contribution in [3.05, 3.63) is 34.3 Å². The van der Waals surface area contributed by atoms with Gasteiger partial charge in [-0.15, -0.1) is 0 Å². The lowest BCUT2D eigenvalue weighted by molar-refractivity contribution is 0.128. The van der Waals surface area contributed by atoms with Gasteiger partial charge in [0.15, 0.2) is 0 Å².